The second-order valence-electron chi connectivity index (χ2n) is 8.34. The maximum atomic E-state index is 13.3. The van der Waals surface area contributed by atoms with Crippen molar-refractivity contribution in [3.63, 3.8) is 0 Å². The topological polar surface area (TPSA) is 58.6 Å². The largest absolute Gasteiger partial charge is 0.497 e. The maximum Gasteiger partial charge on any atom is 0.243 e. The van der Waals surface area contributed by atoms with Crippen LogP contribution in [-0.2, 0) is 16.1 Å². The number of hydrogen-bond donors (Lipinski definition) is 1. The van der Waals surface area contributed by atoms with E-state index >= 15 is 0 Å². The summed E-state index contributed by atoms with van der Waals surface area (Å²) in [6.45, 7) is 2.36. The van der Waals surface area contributed by atoms with Gasteiger partial charge < -0.3 is 15.0 Å². The normalized spacial score (nSPS) is 14.6. The summed E-state index contributed by atoms with van der Waals surface area (Å²) in [4.78, 5) is 29.3. The minimum atomic E-state index is -0.485. The van der Waals surface area contributed by atoms with Crippen molar-refractivity contribution in [2.75, 3.05) is 12.9 Å². The van der Waals surface area contributed by atoms with Gasteiger partial charge in [0.1, 0.15) is 11.8 Å². The first-order valence-corrected chi connectivity index (χ1v) is 13.0. The zero-order chi connectivity index (χ0) is 23.6. The summed E-state index contributed by atoms with van der Waals surface area (Å²) < 4.78 is 5.25. The van der Waals surface area contributed by atoms with Crippen LogP contribution in [0.15, 0.2) is 53.4 Å². The number of hydrogen-bond acceptors (Lipinski definition) is 4. The third-order valence-electron chi connectivity index (χ3n) is 6.00. The minimum absolute atomic E-state index is 0.0132. The molecule has 2 aromatic carbocycles. The fraction of sp³-hybridized carbons (Fsp3) is 0.462. The summed E-state index contributed by atoms with van der Waals surface area (Å²) >= 11 is 7.58. The number of ether oxygens (including phenoxy) is 1. The number of nitrogens with zero attached hydrogens (tertiary/aromatic N) is 1. The van der Waals surface area contributed by atoms with E-state index in [4.69, 9.17) is 16.3 Å². The highest BCUT2D eigenvalue weighted by atomic mass is 35.5. The molecule has 1 aliphatic carbocycles. The fourth-order valence-corrected chi connectivity index (χ4v) is 5.11. The predicted molar refractivity (Wildman–Crippen MR) is 135 cm³/mol. The highest BCUT2D eigenvalue weighted by molar-refractivity contribution is 7.99. The molecule has 178 valence electrons. The van der Waals surface area contributed by atoms with Gasteiger partial charge in [-0.1, -0.05) is 43.5 Å². The third kappa shape index (κ3) is 7.68. The Kier molecular flexibility index (Phi) is 9.95. The van der Waals surface area contributed by atoms with Crippen LogP contribution in [0.2, 0.25) is 5.02 Å². The molecule has 2 amide bonds. The number of carbonyl (C=O) groups is 2. The van der Waals surface area contributed by atoms with E-state index in [1.807, 2.05) is 55.5 Å². The van der Waals surface area contributed by atoms with E-state index in [-0.39, 0.29) is 17.9 Å². The summed E-state index contributed by atoms with van der Waals surface area (Å²) in [6.07, 6.45) is 5.27. The molecular weight excluding hydrogens is 456 g/mol. The summed E-state index contributed by atoms with van der Waals surface area (Å²) in [5.41, 5.74) is 0.974. The van der Waals surface area contributed by atoms with Gasteiger partial charge in [0, 0.05) is 34.7 Å². The van der Waals surface area contributed by atoms with E-state index in [0.29, 0.717) is 30.2 Å². The van der Waals surface area contributed by atoms with Gasteiger partial charge in [0.2, 0.25) is 11.8 Å². The number of carbonyl (C=O) groups excluding carboxylic acids is 2. The number of methoxy groups -OCH3 is 1. The van der Waals surface area contributed by atoms with E-state index in [2.05, 4.69) is 5.32 Å². The third-order valence-corrected chi connectivity index (χ3v) is 7.26. The Morgan fingerprint density at radius 3 is 2.39 bits per heavy atom. The highest BCUT2D eigenvalue weighted by Gasteiger charge is 2.30. The van der Waals surface area contributed by atoms with Gasteiger partial charge in [-0.15, -0.1) is 11.8 Å². The van der Waals surface area contributed by atoms with Crippen LogP contribution < -0.4 is 10.1 Å². The molecule has 0 bridgehead atoms. The van der Waals surface area contributed by atoms with Crippen molar-refractivity contribution in [3.05, 3.63) is 59.1 Å². The molecule has 0 aromatic heterocycles. The number of benzene rings is 2. The summed E-state index contributed by atoms with van der Waals surface area (Å²) in [7, 11) is 1.63. The zero-order valence-electron chi connectivity index (χ0n) is 19.4. The second kappa shape index (κ2) is 12.9. The molecule has 0 spiro atoms. The van der Waals surface area contributed by atoms with Gasteiger partial charge in [-0.05, 0) is 61.2 Å². The molecule has 3 rings (SSSR count). The molecule has 33 heavy (non-hydrogen) atoms. The second-order valence-corrected chi connectivity index (χ2v) is 9.94. The molecule has 0 aliphatic heterocycles. The van der Waals surface area contributed by atoms with Crippen molar-refractivity contribution in [2.45, 2.75) is 69.0 Å². The van der Waals surface area contributed by atoms with Crippen LogP contribution in [0.25, 0.3) is 0 Å². The van der Waals surface area contributed by atoms with Gasteiger partial charge >= 0.3 is 0 Å². The monoisotopic (exact) mass is 488 g/mol. The molecule has 1 fully saturated rings. The van der Waals surface area contributed by atoms with Crippen molar-refractivity contribution < 1.29 is 14.3 Å². The van der Waals surface area contributed by atoms with Crippen molar-refractivity contribution >= 4 is 35.2 Å². The molecule has 1 atom stereocenters. The Balaban J connectivity index is 1.69. The van der Waals surface area contributed by atoms with E-state index in [0.717, 1.165) is 41.9 Å². The van der Waals surface area contributed by atoms with E-state index in [1.165, 1.54) is 0 Å². The van der Waals surface area contributed by atoms with E-state index in [1.54, 1.807) is 23.8 Å². The molecule has 0 saturated heterocycles. The molecule has 1 saturated carbocycles. The lowest BCUT2D eigenvalue weighted by Crippen LogP contribution is -2.51. The van der Waals surface area contributed by atoms with Gasteiger partial charge in [0.05, 0.1) is 7.11 Å². The van der Waals surface area contributed by atoms with E-state index < -0.39 is 6.04 Å². The minimum Gasteiger partial charge on any atom is -0.497 e. The summed E-state index contributed by atoms with van der Waals surface area (Å²) in [5, 5.41) is 3.88. The highest BCUT2D eigenvalue weighted by Crippen LogP contribution is 2.23. The lowest BCUT2D eigenvalue weighted by atomic mass is 10.1. The molecular formula is C26H33ClN2O3S. The van der Waals surface area contributed by atoms with Crippen LogP contribution in [-0.4, -0.2) is 41.7 Å². The average molecular weight is 489 g/mol. The van der Waals surface area contributed by atoms with Crippen LogP contribution in [0.1, 0.15) is 51.0 Å². The van der Waals surface area contributed by atoms with Crippen LogP contribution in [0.3, 0.4) is 0 Å². The number of halogens is 1. The molecule has 5 nitrogen and oxygen atoms in total. The van der Waals surface area contributed by atoms with Crippen molar-refractivity contribution in [3.8, 4) is 5.75 Å². The van der Waals surface area contributed by atoms with Crippen LogP contribution in [0.5, 0.6) is 5.75 Å². The van der Waals surface area contributed by atoms with Gasteiger partial charge in [-0.25, -0.2) is 0 Å². The van der Waals surface area contributed by atoms with Crippen molar-refractivity contribution in [2.24, 2.45) is 0 Å². The van der Waals surface area contributed by atoms with Crippen LogP contribution in [0.4, 0.5) is 0 Å². The van der Waals surface area contributed by atoms with Gasteiger partial charge in [-0.2, -0.15) is 0 Å². The van der Waals surface area contributed by atoms with Gasteiger partial charge in [0.25, 0.3) is 0 Å². The van der Waals surface area contributed by atoms with Crippen LogP contribution >= 0.6 is 23.4 Å². The van der Waals surface area contributed by atoms with Crippen molar-refractivity contribution in [1.82, 2.24) is 10.2 Å². The molecule has 1 N–H and O–H groups in total. The quantitative estimate of drug-likeness (QED) is 0.412. The Morgan fingerprint density at radius 1 is 1.12 bits per heavy atom. The SMILES string of the molecule is CC[C@H](C(=O)NC1CCCC1)N(Cc1ccc(OC)cc1)C(=O)CCSc1ccc(Cl)cc1. The fourth-order valence-electron chi connectivity index (χ4n) is 4.15. The smallest absolute Gasteiger partial charge is 0.243 e. The lowest BCUT2D eigenvalue weighted by Gasteiger charge is -2.31. The standard InChI is InChI=1S/C26H33ClN2O3S/c1-3-24(26(31)28-21-6-4-5-7-21)29(18-19-8-12-22(32-2)13-9-19)25(30)16-17-33-23-14-10-20(27)11-15-23/h8-15,21,24H,3-7,16-18H2,1-2H3,(H,28,31)/t24-/m1/s1. The van der Waals surface area contributed by atoms with E-state index in [9.17, 15) is 9.59 Å². The first-order chi connectivity index (χ1) is 16.0. The van der Waals surface area contributed by atoms with Gasteiger partial charge in [-0.3, -0.25) is 9.59 Å². The van der Waals surface area contributed by atoms with Gasteiger partial charge in [0.15, 0.2) is 0 Å². The first kappa shape index (κ1) is 25.4. The number of nitrogens with one attached hydrogen (secondary N) is 1. The predicted octanol–water partition coefficient (Wildman–Crippen LogP) is 5.70. The number of thioether (sulfide) groups is 1. The van der Waals surface area contributed by atoms with Crippen LogP contribution in [0, 0.1) is 0 Å². The average Bonchev–Trinajstić information content (AvgIpc) is 3.33. The number of rotatable bonds is 11. The number of amides is 2. The molecule has 1 aliphatic rings. The lowest BCUT2D eigenvalue weighted by molar-refractivity contribution is -0.141. The molecule has 7 heteroatoms. The molecule has 0 heterocycles. The molecule has 2 aromatic rings. The Bertz CT molecular complexity index is 899. The van der Waals surface area contributed by atoms with Crippen molar-refractivity contribution in [1.29, 1.82) is 0 Å². The molecule has 0 unspecified atom stereocenters. The summed E-state index contributed by atoms with van der Waals surface area (Å²) in [5.74, 6) is 1.35. The summed E-state index contributed by atoms with van der Waals surface area (Å²) in [6, 6.07) is 15.0. The first-order valence-electron chi connectivity index (χ1n) is 11.6. The zero-order valence-corrected chi connectivity index (χ0v) is 21.0. The Labute approximate surface area is 206 Å². The maximum absolute atomic E-state index is 13.3. The Morgan fingerprint density at radius 2 is 1.79 bits per heavy atom. The Hall–Kier alpha value is -2.18. The molecule has 0 radical (unpaired) electrons.